The quantitative estimate of drug-likeness (QED) is 0.745. The van der Waals surface area contributed by atoms with Crippen molar-refractivity contribution < 1.29 is 8.68 Å². The van der Waals surface area contributed by atoms with E-state index in [1.54, 1.807) is 12.3 Å². The number of hydrogen-bond acceptors (Lipinski definition) is 3. The van der Waals surface area contributed by atoms with Gasteiger partial charge in [-0.1, -0.05) is 24.3 Å². The summed E-state index contributed by atoms with van der Waals surface area (Å²) in [5.41, 5.74) is 3.61. The van der Waals surface area contributed by atoms with E-state index in [4.69, 9.17) is 0 Å². The molecule has 0 spiro atoms. The Hall–Kier alpha value is -2.34. The highest BCUT2D eigenvalue weighted by Gasteiger charge is 2.29. The van der Waals surface area contributed by atoms with Crippen molar-refractivity contribution >= 4 is 35.1 Å². The molecule has 1 amide bonds. The largest absolute Gasteiger partial charge is 0.310 e. The predicted octanol–water partition coefficient (Wildman–Crippen LogP) is 4.74. The number of nitrogens with zero attached hydrogens (tertiary/aromatic N) is 2. The van der Waals surface area contributed by atoms with E-state index < -0.39 is 0 Å². The van der Waals surface area contributed by atoms with Gasteiger partial charge in [0.25, 0.3) is 0 Å². The van der Waals surface area contributed by atoms with Crippen LogP contribution in [0.15, 0.2) is 42.6 Å². The van der Waals surface area contributed by atoms with Gasteiger partial charge in [0, 0.05) is 23.1 Å². The summed E-state index contributed by atoms with van der Waals surface area (Å²) in [5.74, 6) is 0.559. The third kappa shape index (κ3) is 2.67. The van der Waals surface area contributed by atoms with E-state index in [1.165, 1.54) is 3.97 Å². The Balaban J connectivity index is 1.79. The maximum Gasteiger partial charge on any atom is 0.228 e. The molecule has 2 aromatic heterocycles. The fraction of sp³-hybridized carbons (Fsp3) is 0.222. The third-order valence-electron chi connectivity index (χ3n) is 4.33. The normalized spacial score (nSPS) is 14.1. The number of anilines is 1. The standard InChI is InChI=1S/C18H16FN3OS/c1-11-4-2-3-5-13(11)15-10-22(24-19)17-14(15)8-9-16(20-17)21-18(23)12-6-7-12/h2-5,8-10,12H,6-7H2,1H3,(H,20,21,23). The number of amides is 1. The molecule has 4 nitrogen and oxygen atoms in total. The van der Waals surface area contributed by atoms with Crippen LogP contribution in [0.3, 0.4) is 0 Å². The van der Waals surface area contributed by atoms with Gasteiger partial charge in [0.2, 0.25) is 5.91 Å². The molecule has 0 radical (unpaired) electrons. The van der Waals surface area contributed by atoms with E-state index in [0.717, 1.165) is 34.9 Å². The van der Waals surface area contributed by atoms with Crippen molar-refractivity contribution in [1.82, 2.24) is 8.96 Å². The Kier molecular flexibility index (Phi) is 3.76. The Morgan fingerprint density at radius 3 is 2.75 bits per heavy atom. The van der Waals surface area contributed by atoms with Crippen LogP contribution in [-0.2, 0) is 4.79 Å². The summed E-state index contributed by atoms with van der Waals surface area (Å²) in [6, 6.07) is 11.6. The van der Waals surface area contributed by atoms with E-state index in [-0.39, 0.29) is 24.2 Å². The second-order valence-electron chi connectivity index (χ2n) is 6.08. The van der Waals surface area contributed by atoms with Gasteiger partial charge in [0.15, 0.2) is 18.0 Å². The number of nitrogens with one attached hydrogen (secondary N) is 1. The number of hydrogen-bond donors (Lipinski definition) is 1. The molecule has 1 aliphatic rings. The minimum absolute atomic E-state index is 0.00742. The Morgan fingerprint density at radius 2 is 2.04 bits per heavy atom. The Morgan fingerprint density at radius 1 is 1.25 bits per heavy atom. The fourth-order valence-corrected chi connectivity index (χ4v) is 3.21. The van der Waals surface area contributed by atoms with E-state index in [2.05, 4.69) is 10.3 Å². The van der Waals surface area contributed by atoms with Crippen LogP contribution in [0.4, 0.5) is 9.70 Å². The zero-order valence-electron chi connectivity index (χ0n) is 13.1. The highest BCUT2D eigenvalue weighted by molar-refractivity contribution is 7.92. The molecule has 3 aromatic rings. The molecule has 2 heterocycles. The number of aromatic nitrogens is 2. The zero-order valence-corrected chi connectivity index (χ0v) is 13.9. The van der Waals surface area contributed by atoms with Crippen molar-refractivity contribution in [3.8, 4) is 11.1 Å². The van der Waals surface area contributed by atoms with Crippen molar-refractivity contribution in [3.63, 3.8) is 0 Å². The summed E-state index contributed by atoms with van der Waals surface area (Å²) >= 11 is 0.107. The summed E-state index contributed by atoms with van der Waals surface area (Å²) in [6.45, 7) is 2.03. The van der Waals surface area contributed by atoms with E-state index >= 15 is 0 Å². The highest BCUT2D eigenvalue weighted by atomic mass is 32.2. The van der Waals surface area contributed by atoms with Crippen molar-refractivity contribution in [2.75, 3.05) is 5.32 Å². The number of rotatable bonds is 4. The SMILES string of the molecule is Cc1ccccc1-c1cn(SF)c2nc(NC(=O)C3CC3)ccc12. The van der Waals surface area contributed by atoms with Crippen LogP contribution in [0.1, 0.15) is 18.4 Å². The molecule has 4 rings (SSSR count). The van der Waals surface area contributed by atoms with Crippen LogP contribution in [0, 0.1) is 12.8 Å². The lowest BCUT2D eigenvalue weighted by Crippen LogP contribution is -2.14. The summed E-state index contributed by atoms with van der Waals surface area (Å²) in [7, 11) is 0. The molecule has 24 heavy (non-hydrogen) atoms. The topological polar surface area (TPSA) is 46.9 Å². The van der Waals surface area contributed by atoms with Crippen LogP contribution in [0.2, 0.25) is 0 Å². The number of carbonyl (C=O) groups is 1. The molecule has 6 heteroatoms. The van der Waals surface area contributed by atoms with Crippen molar-refractivity contribution in [1.29, 1.82) is 0 Å². The summed E-state index contributed by atoms with van der Waals surface area (Å²) in [5, 5.41) is 3.67. The molecule has 0 atom stereocenters. The first-order valence-corrected chi connectivity index (χ1v) is 8.53. The molecule has 1 fully saturated rings. The highest BCUT2D eigenvalue weighted by Crippen LogP contribution is 2.35. The second-order valence-corrected chi connectivity index (χ2v) is 6.62. The first-order valence-electron chi connectivity index (χ1n) is 7.85. The molecule has 0 saturated heterocycles. The van der Waals surface area contributed by atoms with E-state index in [1.807, 2.05) is 37.3 Å². The van der Waals surface area contributed by atoms with Gasteiger partial charge in [0.05, 0.1) is 0 Å². The molecule has 0 aliphatic heterocycles. The van der Waals surface area contributed by atoms with Gasteiger partial charge >= 0.3 is 0 Å². The summed E-state index contributed by atoms with van der Waals surface area (Å²) in [6.07, 6.45) is 3.61. The maximum absolute atomic E-state index is 13.4. The summed E-state index contributed by atoms with van der Waals surface area (Å²) < 4.78 is 14.8. The van der Waals surface area contributed by atoms with Gasteiger partial charge in [-0.3, -0.25) is 4.79 Å². The first kappa shape index (κ1) is 15.2. The minimum Gasteiger partial charge on any atom is -0.310 e. The molecule has 0 bridgehead atoms. The van der Waals surface area contributed by atoms with Crippen LogP contribution < -0.4 is 5.32 Å². The average Bonchev–Trinajstić information content (AvgIpc) is 3.37. The molecule has 122 valence electrons. The molecule has 0 unspecified atom stereocenters. The van der Waals surface area contributed by atoms with Crippen LogP contribution in [-0.4, -0.2) is 14.9 Å². The Labute approximate surface area is 143 Å². The number of carbonyl (C=O) groups excluding carboxylic acids is 1. The maximum atomic E-state index is 13.4. The van der Waals surface area contributed by atoms with E-state index in [0.29, 0.717) is 11.5 Å². The van der Waals surface area contributed by atoms with Crippen LogP contribution in [0.25, 0.3) is 22.2 Å². The monoisotopic (exact) mass is 341 g/mol. The second kappa shape index (κ2) is 5.94. The van der Waals surface area contributed by atoms with Gasteiger partial charge in [-0.05, 0) is 43.0 Å². The molecule has 1 aromatic carbocycles. The number of halogens is 1. The van der Waals surface area contributed by atoms with Crippen LogP contribution >= 0.6 is 12.3 Å². The number of pyridine rings is 1. The lowest BCUT2D eigenvalue weighted by atomic mass is 10.0. The molecule has 1 saturated carbocycles. The molecular weight excluding hydrogens is 325 g/mol. The Bertz CT molecular complexity index is 933. The molecule has 1 aliphatic carbocycles. The average molecular weight is 341 g/mol. The van der Waals surface area contributed by atoms with Crippen LogP contribution in [0.5, 0.6) is 0 Å². The summed E-state index contributed by atoms with van der Waals surface area (Å²) in [4.78, 5) is 16.3. The third-order valence-corrected chi connectivity index (χ3v) is 4.76. The van der Waals surface area contributed by atoms with Gasteiger partial charge in [-0.15, -0.1) is 3.89 Å². The first-order chi connectivity index (χ1) is 11.7. The van der Waals surface area contributed by atoms with Crippen molar-refractivity contribution in [2.24, 2.45) is 5.92 Å². The van der Waals surface area contributed by atoms with Gasteiger partial charge in [-0.2, -0.15) is 0 Å². The predicted molar refractivity (Wildman–Crippen MR) is 95.4 cm³/mol. The lowest BCUT2D eigenvalue weighted by Gasteiger charge is -2.05. The number of aryl methyl sites for hydroxylation is 1. The van der Waals surface area contributed by atoms with Gasteiger partial charge < -0.3 is 5.32 Å². The number of fused-ring (bicyclic) bond motifs is 1. The van der Waals surface area contributed by atoms with Gasteiger partial charge in [-0.25, -0.2) is 8.96 Å². The van der Waals surface area contributed by atoms with Crippen molar-refractivity contribution in [2.45, 2.75) is 19.8 Å². The van der Waals surface area contributed by atoms with E-state index in [9.17, 15) is 8.68 Å². The van der Waals surface area contributed by atoms with Gasteiger partial charge in [0.1, 0.15) is 5.82 Å². The zero-order chi connectivity index (χ0) is 16.7. The molecule has 1 N–H and O–H groups in total. The number of benzene rings is 1. The molecular formula is C18H16FN3OS. The smallest absolute Gasteiger partial charge is 0.228 e. The fourth-order valence-electron chi connectivity index (χ4n) is 2.86. The lowest BCUT2D eigenvalue weighted by molar-refractivity contribution is -0.117. The minimum atomic E-state index is -0.00742. The van der Waals surface area contributed by atoms with Crippen molar-refractivity contribution in [3.05, 3.63) is 48.2 Å².